The van der Waals surface area contributed by atoms with E-state index in [2.05, 4.69) is 9.97 Å². The first kappa shape index (κ1) is 12.9. The number of fused-ring (bicyclic) bond motifs is 1. The quantitative estimate of drug-likeness (QED) is 0.692. The third-order valence-electron chi connectivity index (χ3n) is 3.83. The second-order valence-electron chi connectivity index (χ2n) is 5.63. The average Bonchev–Trinajstić information content (AvgIpc) is 2.97. The molecule has 0 saturated carbocycles. The van der Waals surface area contributed by atoms with E-state index in [1.54, 1.807) is 14.0 Å². The number of rotatable bonds is 1. The number of hydrogen-bond acceptors (Lipinski definition) is 5. The van der Waals surface area contributed by atoms with Crippen molar-refractivity contribution in [2.24, 2.45) is 14.1 Å². The maximum atomic E-state index is 12.1. The van der Waals surface area contributed by atoms with Crippen molar-refractivity contribution in [1.82, 2.24) is 19.1 Å². The van der Waals surface area contributed by atoms with Gasteiger partial charge in [0.25, 0.3) is 5.56 Å². The SMILES string of the molecule is Cn1c(=O)c2[nH]c(N3CCC(C)(O)C3)nc2n(C)c1=O. The Morgan fingerprint density at radius 3 is 2.60 bits per heavy atom. The summed E-state index contributed by atoms with van der Waals surface area (Å²) in [6, 6.07) is 0. The molecular formula is C12H17N5O3. The van der Waals surface area contributed by atoms with Crippen molar-refractivity contribution in [3.05, 3.63) is 20.8 Å². The molecule has 2 aromatic rings. The van der Waals surface area contributed by atoms with Crippen molar-refractivity contribution in [1.29, 1.82) is 0 Å². The van der Waals surface area contributed by atoms with E-state index in [1.165, 1.54) is 11.6 Å². The molecule has 0 spiro atoms. The Morgan fingerprint density at radius 1 is 1.30 bits per heavy atom. The van der Waals surface area contributed by atoms with E-state index >= 15 is 0 Å². The molecule has 3 heterocycles. The van der Waals surface area contributed by atoms with Gasteiger partial charge in [-0.05, 0) is 13.3 Å². The molecule has 1 atom stereocenters. The predicted molar refractivity (Wildman–Crippen MR) is 74.0 cm³/mol. The standard InChI is InChI=1S/C12H17N5O3/c1-12(20)4-5-17(6-12)10-13-7-8(14-10)15(2)11(19)16(3)9(7)18/h20H,4-6H2,1-3H3,(H,13,14). The van der Waals surface area contributed by atoms with Crippen molar-refractivity contribution in [3.63, 3.8) is 0 Å². The molecule has 3 rings (SSSR count). The Hall–Kier alpha value is -2.09. The van der Waals surface area contributed by atoms with Gasteiger partial charge in [0.2, 0.25) is 5.95 Å². The van der Waals surface area contributed by atoms with Crippen molar-refractivity contribution < 1.29 is 5.11 Å². The molecular weight excluding hydrogens is 262 g/mol. The number of imidazole rings is 1. The lowest BCUT2D eigenvalue weighted by Crippen LogP contribution is -2.36. The minimum Gasteiger partial charge on any atom is -0.388 e. The van der Waals surface area contributed by atoms with E-state index in [1.807, 2.05) is 4.90 Å². The summed E-state index contributed by atoms with van der Waals surface area (Å²) in [5, 5.41) is 9.99. The van der Waals surface area contributed by atoms with Crippen LogP contribution in [0.1, 0.15) is 13.3 Å². The summed E-state index contributed by atoms with van der Waals surface area (Å²) in [6.07, 6.45) is 0.640. The van der Waals surface area contributed by atoms with Crippen LogP contribution in [0.4, 0.5) is 5.95 Å². The van der Waals surface area contributed by atoms with Gasteiger partial charge in [-0.15, -0.1) is 0 Å². The fourth-order valence-electron chi connectivity index (χ4n) is 2.59. The van der Waals surface area contributed by atoms with E-state index < -0.39 is 16.9 Å². The molecule has 0 aliphatic carbocycles. The third-order valence-corrected chi connectivity index (χ3v) is 3.83. The van der Waals surface area contributed by atoms with E-state index in [-0.39, 0.29) is 0 Å². The molecule has 8 nitrogen and oxygen atoms in total. The van der Waals surface area contributed by atoms with Crippen molar-refractivity contribution in [2.75, 3.05) is 18.0 Å². The summed E-state index contributed by atoms with van der Waals surface area (Å²) < 4.78 is 2.38. The summed E-state index contributed by atoms with van der Waals surface area (Å²) in [7, 11) is 3.01. The molecule has 108 valence electrons. The van der Waals surface area contributed by atoms with Gasteiger partial charge in [0.05, 0.1) is 5.60 Å². The lowest BCUT2D eigenvalue weighted by atomic mass is 10.1. The van der Waals surface area contributed by atoms with Crippen LogP contribution in [0, 0.1) is 0 Å². The van der Waals surface area contributed by atoms with E-state index in [9.17, 15) is 14.7 Å². The molecule has 0 amide bonds. The monoisotopic (exact) mass is 279 g/mol. The highest BCUT2D eigenvalue weighted by atomic mass is 16.3. The van der Waals surface area contributed by atoms with Crippen LogP contribution in [0.25, 0.3) is 11.2 Å². The van der Waals surface area contributed by atoms with Gasteiger partial charge in [-0.3, -0.25) is 13.9 Å². The number of anilines is 1. The van der Waals surface area contributed by atoms with Gasteiger partial charge in [0.1, 0.15) is 0 Å². The molecule has 0 aromatic carbocycles. The Morgan fingerprint density at radius 2 is 2.00 bits per heavy atom. The number of nitrogens with zero attached hydrogens (tertiary/aromatic N) is 4. The van der Waals surface area contributed by atoms with Gasteiger partial charge in [-0.2, -0.15) is 4.98 Å². The summed E-state index contributed by atoms with van der Waals surface area (Å²) >= 11 is 0. The zero-order valence-electron chi connectivity index (χ0n) is 11.7. The number of aromatic nitrogens is 4. The Bertz CT molecular complexity index is 798. The van der Waals surface area contributed by atoms with Crippen LogP contribution in [0.3, 0.4) is 0 Å². The summed E-state index contributed by atoms with van der Waals surface area (Å²) in [5.41, 5.74) is -0.923. The molecule has 1 unspecified atom stereocenters. The van der Waals surface area contributed by atoms with Gasteiger partial charge in [-0.25, -0.2) is 4.79 Å². The van der Waals surface area contributed by atoms with Crippen LogP contribution < -0.4 is 16.1 Å². The number of aromatic amines is 1. The van der Waals surface area contributed by atoms with Crippen molar-refractivity contribution in [3.8, 4) is 0 Å². The maximum absolute atomic E-state index is 12.1. The highest BCUT2D eigenvalue weighted by Gasteiger charge is 2.33. The van der Waals surface area contributed by atoms with Crippen molar-refractivity contribution in [2.45, 2.75) is 18.9 Å². The molecule has 1 aliphatic rings. The highest BCUT2D eigenvalue weighted by molar-refractivity contribution is 5.73. The normalized spacial score (nSPS) is 22.9. The minimum absolute atomic E-state index is 0.302. The average molecular weight is 279 g/mol. The zero-order chi connectivity index (χ0) is 14.7. The summed E-state index contributed by atoms with van der Waals surface area (Å²) in [6.45, 7) is 2.87. The topological polar surface area (TPSA) is 96.2 Å². The predicted octanol–water partition coefficient (Wildman–Crippen LogP) is -1.08. The molecule has 1 saturated heterocycles. The molecule has 8 heteroatoms. The number of nitrogens with one attached hydrogen (secondary N) is 1. The van der Waals surface area contributed by atoms with Crippen LogP contribution in [-0.2, 0) is 14.1 Å². The minimum atomic E-state index is -0.754. The molecule has 2 aromatic heterocycles. The second kappa shape index (κ2) is 3.95. The first-order chi connectivity index (χ1) is 9.30. The third kappa shape index (κ3) is 1.75. The maximum Gasteiger partial charge on any atom is 0.332 e. The second-order valence-corrected chi connectivity index (χ2v) is 5.63. The van der Waals surface area contributed by atoms with Gasteiger partial charge >= 0.3 is 5.69 Å². The van der Waals surface area contributed by atoms with E-state index in [0.29, 0.717) is 36.6 Å². The van der Waals surface area contributed by atoms with E-state index in [0.717, 1.165) is 4.57 Å². The molecule has 1 fully saturated rings. The molecule has 1 aliphatic heterocycles. The van der Waals surface area contributed by atoms with Gasteiger partial charge in [0.15, 0.2) is 11.2 Å². The Balaban J connectivity index is 2.17. The first-order valence-corrected chi connectivity index (χ1v) is 6.43. The van der Waals surface area contributed by atoms with Gasteiger partial charge < -0.3 is 15.0 Å². The summed E-state index contributed by atoms with van der Waals surface area (Å²) in [5.74, 6) is 0.510. The highest BCUT2D eigenvalue weighted by Crippen LogP contribution is 2.25. The van der Waals surface area contributed by atoms with Crippen LogP contribution in [0.15, 0.2) is 9.59 Å². The number of H-pyrrole nitrogens is 1. The zero-order valence-corrected chi connectivity index (χ0v) is 11.7. The smallest absolute Gasteiger partial charge is 0.332 e. The Kier molecular flexibility index (Phi) is 2.55. The van der Waals surface area contributed by atoms with Gasteiger partial charge in [-0.1, -0.05) is 0 Å². The van der Waals surface area contributed by atoms with Crippen LogP contribution in [-0.4, -0.2) is 42.9 Å². The van der Waals surface area contributed by atoms with Gasteiger partial charge in [0, 0.05) is 27.2 Å². The van der Waals surface area contributed by atoms with Crippen molar-refractivity contribution >= 4 is 17.1 Å². The summed E-state index contributed by atoms with van der Waals surface area (Å²) in [4.78, 5) is 33.1. The number of β-amino-alcohol motifs (C(OH)–C–C–N with tert-alkyl or cyclic N) is 1. The fourth-order valence-corrected chi connectivity index (χ4v) is 2.59. The lowest BCUT2D eigenvalue weighted by molar-refractivity contribution is 0.0838. The molecule has 2 N–H and O–H groups in total. The van der Waals surface area contributed by atoms with Crippen LogP contribution in [0.5, 0.6) is 0 Å². The molecule has 20 heavy (non-hydrogen) atoms. The van der Waals surface area contributed by atoms with E-state index in [4.69, 9.17) is 0 Å². The Labute approximate surface area is 114 Å². The van der Waals surface area contributed by atoms with Crippen LogP contribution >= 0.6 is 0 Å². The molecule has 0 radical (unpaired) electrons. The number of hydrogen-bond donors (Lipinski definition) is 2. The largest absolute Gasteiger partial charge is 0.388 e. The first-order valence-electron chi connectivity index (χ1n) is 6.43. The van der Waals surface area contributed by atoms with Crippen LogP contribution in [0.2, 0.25) is 0 Å². The molecule has 0 bridgehead atoms. The number of aryl methyl sites for hydroxylation is 1. The lowest BCUT2D eigenvalue weighted by Gasteiger charge is -2.17. The fraction of sp³-hybridized carbons (Fsp3) is 0.583. The number of aliphatic hydroxyl groups is 1.